The Morgan fingerprint density at radius 1 is 0.941 bits per heavy atom. The van der Waals surface area contributed by atoms with Gasteiger partial charge in [0.15, 0.2) is 0 Å². The van der Waals surface area contributed by atoms with Crippen molar-refractivity contribution in [1.29, 1.82) is 0 Å². The first-order valence-electron chi connectivity index (χ1n) is 11.4. The molecule has 0 radical (unpaired) electrons. The van der Waals surface area contributed by atoms with Gasteiger partial charge >= 0.3 is 11.8 Å². The number of nitrogens with zero attached hydrogens (tertiary/aromatic N) is 2. The zero-order valence-electron chi connectivity index (χ0n) is 19.1. The Morgan fingerprint density at radius 3 is 2.29 bits per heavy atom. The Hall–Kier alpha value is -3.23. The van der Waals surface area contributed by atoms with Crippen molar-refractivity contribution in [2.45, 2.75) is 25.6 Å². The van der Waals surface area contributed by atoms with Crippen LogP contribution in [0.15, 0.2) is 72.1 Å². The summed E-state index contributed by atoms with van der Waals surface area (Å²) in [5, 5.41) is 7.54. The molecule has 0 saturated carbocycles. The van der Waals surface area contributed by atoms with Crippen molar-refractivity contribution < 1.29 is 14.0 Å². The van der Waals surface area contributed by atoms with Crippen molar-refractivity contribution in [2.75, 3.05) is 31.1 Å². The predicted octanol–water partition coefficient (Wildman–Crippen LogP) is 3.57. The fourth-order valence-electron chi connectivity index (χ4n) is 4.32. The van der Waals surface area contributed by atoms with Crippen LogP contribution in [0, 0.1) is 5.82 Å². The molecule has 8 heteroatoms. The topological polar surface area (TPSA) is 64.7 Å². The summed E-state index contributed by atoms with van der Waals surface area (Å²) < 4.78 is 13.1. The Labute approximate surface area is 203 Å². The third kappa shape index (κ3) is 6.01. The number of hydrogen-bond acceptors (Lipinski definition) is 5. The van der Waals surface area contributed by atoms with Crippen LogP contribution < -0.4 is 15.5 Å². The minimum Gasteiger partial charge on any atom is -0.369 e. The number of benzene rings is 2. The fraction of sp³-hybridized carbons (Fsp3) is 0.308. The van der Waals surface area contributed by atoms with Crippen molar-refractivity contribution >= 4 is 28.8 Å². The maximum Gasteiger partial charge on any atom is 0.309 e. The summed E-state index contributed by atoms with van der Waals surface area (Å²) in [6, 6.07) is 20.0. The van der Waals surface area contributed by atoms with Gasteiger partial charge in [0.1, 0.15) is 5.82 Å². The molecular formula is C26H29FN4O2S. The molecule has 178 valence electrons. The molecule has 1 aliphatic rings. The minimum absolute atomic E-state index is 0.0215. The summed E-state index contributed by atoms with van der Waals surface area (Å²) in [6.45, 7) is 5.61. The molecule has 2 amide bonds. The maximum atomic E-state index is 13.1. The molecule has 1 fully saturated rings. The lowest BCUT2D eigenvalue weighted by atomic mass is 10.0. The lowest BCUT2D eigenvalue weighted by Gasteiger charge is -2.42. The first kappa shape index (κ1) is 23.9. The monoisotopic (exact) mass is 480 g/mol. The Balaban J connectivity index is 1.36. The number of nitrogens with one attached hydrogen (secondary N) is 2. The number of para-hydroxylation sites is 1. The molecule has 0 unspecified atom stereocenters. The number of carbonyl (C=O) groups excluding carboxylic acids is 2. The molecule has 1 aromatic heterocycles. The van der Waals surface area contributed by atoms with Gasteiger partial charge in [-0.3, -0.25) is 14.5 Å². The van der Waals surface area contributed by atoms with Gasteiger partial charge in [-0.05, 0) is 48.2 Å². The summed E-state index contributed by atoms with van der Waals surface area (Å²) in [5.41, 5.74) is 1.94. The lowest BCUT2D eigenvalue weighted by Crippen LogP contribution is -2.53. The second kappa shape index (κ2) is 11.3. The number of thiophene rings is 1. The van der Waals surface area contributed by atoms with Crippen LogP contribution in [-0.2, 0) is 16.1 Å². The molecule has 2 aromatic carbocycles. The minimum atomic E-state index is -0.699. The van der Waals surface area contributed by atoms with E-state index in [1.165, 1.54) is 17.8 Å². The molecule has 2 N–H and O–H groups in total. The van der Waals surface area contributed by atoms with Gasteiger partial charge < -0.3 is 15.5 Å². The molecule has 34 heavy (non-hydrogen) atoms. The van der Waals surface area contributed by atoms with Gasteiger partial charge in [-0.1, -0.05) is 36.4 Å². The largest absolute Gasteiger partial charge is 0.369 e. The molecule has 0 spiro atoms. The Morgan fingerprint density at radius 2 is 1.65 bits per heavy atom. The van der Waals surface area contributed by atoms with Crippen LogP contribution in [0.5, 0.6) is 0 Å². The van der Waals surface area contributed by atoms with E-state index in [1.807, 2.05) is 24.4 Å². The van der Waals surface area contributed by atoms with Gasteiger partial charge in [-0.25, -0.2) is 4.39 Å². The third-order valence-electron chi connectivity index (χ3n) is 6.07. The van der Waals surface area contributed by atoms with Gasteiger partial charge in [0, 0.05) is 49.3 Å². The Bertz CT molecular complexity index is 1070. The number of halogens is 1. The van der Waals surface area contributed by atoms with E-state index in [0.29, 0.717) is 0 Å². The first-order chi connectivity index (χ1) is 16.5. The molecule has 1 saturated heterocycles. The van der Waals surface area contributed by atoms with Crippen molar-refractivity contribution in [3.8, 4) is 0 Å². The molecule has 1 aliphatic heterocycles. The smallest absolute Gasteiger partial charge is 0.309 e. The van der Waals surface area contributed by atoms with Crippen molar-refractivity contribution in [3.63, 3.8) is 0 Å². The third-order valence-corrected chi connectivity index (χ3v) is 7.01. The van der Waals surface area contributed by atoms with Crippen molar-refractivity contribution in [2.24, 2.45) is 0 Å². The van der Waals surface area contributed by atoms with E-state index in [4.69, 9.17) is 0 Å². The molecule has 0 bridgehead atoms. The van der Waals surface area contributed by atoms with E-state index in [9.17, 15) is 14.0 Å². The second-order valence-electron chi connectivity index (χ2n) is 8.39. The number of carbonyl (C=O) groups is 2. The van der Waals surface area contributed by atoms with E-state index in [0.717, 1.165) is 36.6 Å². The van der Waals surface area contributed by atoms with E-state index in [-0.39, 0.29) is 24.4 Å². The van der Waals surface area contributed by atoms with Crippen LogP contribution in [0.1, 0.15) is 23.4 Å². The number of hydrogen-bond donors (Lipinski definition) is 2. The van der Waals surface area contributed by atoms with Gasteiger partial charge in [-0.2, -0.15) is 0 Å². The molecule has 2 heterocycles. The molecule has 6 nitrogen and oxygen atoms in total. The van der Waals surface area contributed by atoms with Gasteiger partial charge in [0.2, 0.25) is 0 Å². The van der Waals surface area contributed by atoms with Crippen LogP contribution in [0.4, 0.5) is 10.1 Å². The van der Waals surface area contributed by atoms with Gasteiger partial charge in [-0.15, -0.1) is 11.3 Å². The molecule has 3 aromatic rings. The van der Waals surface area contributed by atoms with E-state index >= 15 is 0 Å². The van der Waals surface area contributed by atoms with Crippen molar-refractivity contribution in [3.05, 3.63) is 88.4 Å². The molecule has 2 atom stereocenters. The van der Waals surface area contributed by atoms with Crippen LogP contribution in [-0.4, -0.2) is 48.9 Å². The molecule has 4 rings (SSSR count). The molecular weight excluding hydrogens is 451 g/mol. The fourth-order valence-corrected chi connectivity index (χ4v) is 5.28. The number of rotatable bonds is 7. The molecule has 0 aliphatic carbocycles. The van der Waals surface area contributed by atoms with Crippen LogP contribution >= 0.6 is 11.3 Å². The van der Waals surface area contributed by atoms with Gasteiger partial charge in [0.25, 0.3) is 0 Å². The lowest BCUT2D eigenvalue weighted by molar-refractivity contribution is -0.140. The highest BCUT2D eigenvalue weighted by atomic mass is 32.1. The highest BCUT2D eigenvalue weighted by Crippen LogP contribution is 2.30. The summed E-state index contributed by atoms with van der Waals surface area (Å²) in [6.07, 6.45) is 0. The zero-order chi connectivity index (χ0) is 23.9. The Kier molecular flexibility index (Phi) is 7.92. The summed E-state index contributed by atoms with van der Waals surface area (Å²) >= 11 is 1.66. The second-order valence-corrected chi connectivity index (χ2v) is 9.37. The van der Waals surface area contributed by atoms with E-state index < -0.39 is 11.8 Å². The summed E-state index contributed by atoms with van der Waals surface area (Å²) in [7, 11) is 0. The number of amides is 2. The average molecular weight is 481 g/mol. The maximum absolute atomic E-state index is 13.1. The summed E-state index contributed by atoms with van der Waals surface area (Å²) in [5.74, 6) is -1.71. The van der Waals surface area contributed by atoms with E-state index in [2.05, 4.69) is 50.8 Å². The van der Waals surface area contributed by atoms with Gasteiger partial charge in [0.05, 0.1) is 6.04 Å². The van der Waals surface area contributed by atoms with Crippen LogP contribution in [0.3, 0.4) is 0 Å². The average Bonchev–Trinajstić information content (AvgIpc) is 3.39. The number of piperazine rings is 1. The summed E-state index contributed by atoms with van der Waals surface area (Å²) in [4.78, 5) is 30.9. The quantitative estimate of drug-likeness (QED) is 0.508. The highest BCUT2D eigenvalue weighted by molar-refractivity contribution is 7.10. The van der Waals surface area contributed by atoms with Crippen molar-refractivity contribution in [1.82, 2.24) is 15.5 Å². The zero-order valence-corrected chi connectivity index (χ0v) is 19.9. The van der Waals surface area contributed by atoms with Crippen LogP contribution in [0.25, 0.3) is 0 Å². The first-order valence-corrected chi connectivity index (χ1v) is 12.3. The number of anilines is 1. The van der Waals surface area contributed by atoms with E-state index in [1.54, 1.807) is 23.5 Å². The standard InChI is InChI=1S/C26H29FN4O2S/c1-19(29-26(33)25(32)28-18-20-9-11-21(27)12-10-20)24(23-8-5-17-34-23)31-15-13-30(14-16-31)22-6-3-2-4-7-22/h2-12,17,19,24H,13-16,18H2,1H3,(H,28,32)(H,29,33)/t19-,24-/m1/s1. The predicted molar refractivity (Wildman–Crippen MR) is 133 cm³/mol. The SMILES string of the molecule is C[C@@H](NC(=O)C(=O)NCc1ccc(F)cc1)[C@H](c1cccs1)N1CCN(c2ccccc2)CC1. The highest BCUT2D eigenvalue weighted by Gasteiger charge is 2.31. The van der Waals surface area contributed by atoms with Crippen LogP contribution in [0.2, 0.25) is 0 Å². The normalized spacial score (nSPS) is 16.0.